The molecule has 3 atom stereocenters. The van der Waals surface area contributed by atoms with Crippen LogP contribution in [0.15, 0.2) is 30.3 Å². The average molecular weight is 367 g/mol. The highest BCUT2D eigenvalue weighted by Gasteiger charge is 2.15. The summed E-state index contributed by atoms with van der Waals surface area (Å²) < 4.78 is 9.45. The van der Waals surface area contributed by atoms with Gasteiger partial charge in [0.1, 0.15) is 6.04 Å². The van der Waals surface area contributed by atoms with Gasteiger partial charge in [0.25, 0.3) is 0 Å². The van der Waals surface area contributed by atoms with Crippen molar-refractivity contribution in [1.82, 2.24) is 16.0 Å². The molecule has 7 nitrogen and oxygen atoms in total. The van der Waals surface area contributed by atoms with Gasteiger partial charge in [-0.3, -0.25) is 14.9 Å². The first-order chi connectivity index (χ1) is 12.4. The quantitative estimate of drug-likeness (QED) is 0.558. The van der Waals surface area contributed by atoms with Crippen molar-refractivity contribution in [3.63, 3.8) is 0 Å². The van der Waals surface area contributed by atoms with Crippen LogP contribution in [0.1, 0.15) is 19.4 Å². The van der Waals surface area contributed by atoms with Crippen molar-refractivity contribution in [3.05, 3.63) is 35.9 Å². The van der Waals surface area contributed by atoms with Crippen molar-refractivity contribution in [2.24, 2.45) is 0 Å². The van der Waals surface area contributed by atoms with Crippen LogP contribution < -0.4 is 16.0 Å². The molecule has 1 aromatic carbocycles. The van der Waals surface area contributed by atoms with E-state index in [1.54, 1.807) is 28.1 Å². The minimum atomic E-state index is -0.278. The molecule has 0 bridgehead atoms. The number of methoxy groups -OCH3 is 2. The van der Waals surface area contributed by atoms with E-state index >= 15 is 0 Å². The van der Waals surface area contributed by atoms with Gasteiger partial charge in [0.2, 0.25) is 5.91 Å². The van der Waals surface area contributed by atoms with Crippen molar-refractivity contribution < 1.29 is 19.1 Å². The zero-order valence-electron chi connectivity index (χ0n) is 16.7. The zero-order valence-corrected chi connectivity index (χ0v) is 16.7. The fraction of sp³-hybridized carbons (Fsp3) is 0.579. The van der Waals surface area contributed by atoms with E-state index in [1.165, 1.54) is 7.11 Å². The lowest BCUT2D eigenvalue weighted by molar-refractivity contribution is -0.142. The van der Waals surface area contributed by atoms with E-state index in [9.17, 15) is 9.59 Å². The molecule has 0 fully saturated rings. The number of carbonyl (C=O) groups is 2. The predicted molar refractivity (Wildman–Crippen MR) is 103 cm³/mol. The Kier molecular flexibility index (Phi) is 13.2. The summed E-state index contributed by atoms with van der Waals surface area (Å²) in [6.07, 6.45) is 0.719. The molecule has 0 spiro atoms. The lowest BCUT2D eigenvalue weighted by Gasteiger charge is -2.17. The molecule has 1 aromatic rings. The minimum Gasteiger partial charge on any atom is -0.468 e. The molecule has 0 aromatic heterocycles. The zero-order chi connectivity index (χ0) is 19.9. The number of nitrogens with one attached hydrogen (secondary N) is 3. The summed E-state index contributed by atoms with van der Waals surface area (Å²) in [6.45, 7) is 4.29. The molecule has 0 aliphatic rings. The van der Waals surface area contributed by atoms with E-state index in [0.29, 0.717) is 6.61 Å². The Balaban J connectivity index is 0.000000488. The summed E-state index contributed by atoms with van der Waals surface area (Å²) in [5.41, 5.74) is 1.16. The Morgan fingerprint density at radius 2 is 1.69 bits per heavy atom. The molecule has 148 valence electrons. The van der Waals surface area contributed by atoms with Crippen LogP contribution >= 0.6 is 0 Å². The normalized spacial score (nSPS) is 13.6. The van der Waals surface area contributed by atoms with E-state index in [-0.39, 0.29) is 30.0 Å². The number of amides is 1. The van der Waals surface area contributed by atoms with E-state index < -0.39 is 0 Å². The molecule has 0 saturated heterocycles. The molecule has 0 radical (unpaired) electrons. The van der Waals surface area contributed by atoms with Crippen LogP contribution in [0.2, 0.25) is 0 Å². The van der Waals surface area contributed by atoms with Crippen LogP contribution in [0, 0.1) is 0 Å². The average Bonchev–Trinajstić information content (AvgIpc) is 2.66. The second-order valence-electron chi connectivity index (χ2n) is 5.91. The Hall–Kier alpha value is -1.96. The Morgan fingerprint density at radius 3 is 2.15 bits per heavy atom. The number of carbonyl (C=O) groups excluding carboxylic acids is 2. The van der Waals surface area contributed by atoms with E-state index in [1.807, 2.05) is 37.3 Å². The number of benzene rings is 1. The molecule has 26 heavy (non-hydrogen) atoms. The van der Waals surface area contributed by atoms with Gasteiger partial charge in [-0.2, -0.15) is 0 Å². The van der Waals surface area contributed by atoms with Crippen LogP contribution in [-0.4, -0.2) is 64.9 Å². The standard InChI is InChI=1S/C11H16N2O.C8H17NO3/c1-12-10(11(14)13-2)8-9-6-4-3-5-7-9;1-6(5-11-3)9-7(2)8(10)12-4/h3-7,10,12H,8H2,1-2H3,(H,13,14);6-7,9H,5H2,1-4H3. The third kappa shape index (κ3) is 10.1. The number of likely N-dealkylation sites (N-methyl/N-ethyl adjacent to an activating group) is 2. The van der Waals surface area contributed by atoms with Gasteiger partial charge < -0.3 is 20.1 Å². The molecular weight excluding hydrogens is 334 g/mol. The number of hydrogen-bond donors (Lipinski definition) is 3. The van der Waals surface area contributed by atoms with E-state index in [4.69, 9.17) is 4.74 Å². The van der Waals surface area contributed by atoms with E-state index in [2.05, 4.69) is 20.7 Å². The topological polar surface area (TPSA) is 88.7 Å². The van der Waals surface area contributed by atoms with Crippen molar-refractivity contribution >= 4 is 11.9 Å². The van der Waals surface area contributed by atoms with Crippen LogP contribution in [0.5, 0.6) is 0 Å². The fourth-order valence-electron chi connectivity index (χ4n) is 2.32. The smallest absolute Gasteiger partial charge is 0.322 e. The summed E-state index contributed by atoms with van der Waals surface area (Å²) in [5.74, 6) is -0.227. The SMILES string of the molecule is CNC(=O)C(Cc1ccccc1)NC.COCC(C)NC(C)C(=O)OC. The van der Waals surface area contributed by atoms with Crippen LogP contribution in [0.4, 0.5) is 0 Å². The molecule has 7 heteroatoms. The first-order valence-electron chi connectivity index (χ1n) is 8.65. The highest BCUT2D eigenvalue weighted by Crippen LogP contribution is 2.02. The van der Waals surface area contributed by atoms with Gasteiger partial charge in [-0.25, -0.2) is 0 Å². The van der Waals surface area contributed by atoms with Gasteiger partial charge in [0.05, 0.1) is 19.8 Å². The lowest BCUT2D eigenvalue weighted by atomic mass is 10.1. The number of rotatable bonds is 9. The Bertz CT molecular complexity index is 511. The van der Waals surface area contributed by atoms with Gasteiger partial charge in [-0.05, 0) is 32.9 Å². The molecule has 3 unspecified atom stereocenters. The maximum atomic E-state index is 11.4. The molecular formula is C19H33N3O4. The van der Waals surface area contributed by atoms with Gasteiger partial charge in [0, 0.05) is 20.2 Å². The first kappa shape index (κ1) is 24.0. The highest BCUT2D eigenvalue weighted by molar-refractivity contribution is 5.81. The van der Waals surface area contributed by atoms with Gasteiger partial charge >= 0.3 is 5.97 Å². The van der Waals surface area contributed by atoms with Crippen LogP contribution in [0.25, 0.3) is 0 Å². The Labute approximate surface area is 156 Å². The molecule has 0 saturated carbocycles. The molecule has 0 aliphatic heterocycles. The minimum absolute atomic E-state index is 0.0244. The molecule has 0 heterocycles. The van der Waals surface area contributed by atoms with Crippen LogP contribution in [-0.2, 0) is 25.5 Å². The molecule has 0 aliphatic carbocycles. The van der Waals surface area contributed by atoms with Crippen molar-refractivity contribution in [1.29, 1.82) is 0 Å². The maximum Gasteiger partial charge on any atom is 0.322 e. The number of hydrogen-bond acceptors (Lipinski definition) is 6. The van der Waals surface area contributed by atoms with Gasteiger partial charge in [-0.1, -0.05) is 30.3 Å². The second-order valence-corrected chi connectivity index (χ2v) is 5.91. The summed E-state index contributed by atoms with van der Waals surface area (Å²) in [4.78, 5) is 22.3. The first-order valence-corrected chi connectivity index (χ1v) is 8.65. The summed E-state index contributed by atoms with van der Waals surface area (Å²) in [7, 11) is 6.45. The van der Waals surface area contributed by atoms with Gasteiger partial charge in [0.15, 0.2) is 0 Å². The van der Waals surface area contributed by atoms with Crippen molar-refractivity contribution in [3.8, 4) is 0 Å². The maximum absolute atomic E-state index is 11.4. The lowest BCUT2D eigenvalue weighted by Crippen LogP contribution is -2.42. The van der Waals surface area contributed by atoms with Crippen molar-refractivity contribution in [2.75, 3.05) is 34.9 Å². The number of ether oxygens (including phenoxy) is 2. The second kappa shape index (κ2) is 14.2. The van der Waals surface area contributed by atoms with E-state index in [0.717, 1.165) is 12.0 Å². The fourth-order valence-corrected chi connectivity index (χ4v) is 2.32. The summed E-state index contributed by atoms with van der Waals surface area (Å²) in [5, 5.41) is 8.66. The Morgan fingerprint density at radius 1 is 1.08 bits per heavy atom. The monoisotopic (exact) mass is 367 g/mol. The molecule has 3 N–H and O–H groups in total. The largest absolute Gasteiger partial charge is 0.468 e. The third-order valence-corrected chi connectivity index (χ3v) is 3.70. The molecule has 1 amide bonds. The van der Waals surface area contributed by atoms with Crippen molar-refractivity contribution in [2.45, 2.75) is 38.4 Å². The van der Waals surface area contributed by atoms with Gasteiger partial charge in [-0.15, -0.1) is 0 Å². The third-order valence-electron chi connectivity index (χ3n) is 3.70. The number of esters is 1. The van der Waals surface area contributed by atoms with Crippen LogP contribution in [0.3, 0.4) is 0 Å². The summed E-state index contributed by atoms with van der Waals surface area (Å²) >= 11 is 0. The molecule has 1 rings (SSSR count). The summed E-state index contributed by atoms with van der Waals surface area (Å²) in [6, 6.07) is 9.70. The predicted octanol–water partition coefficient (Wildman–Crippen LogP) is 0.736. The highest BCUT2D eigenvalue weighted by atomic mass is 16.5.